The molecule has 2 unspecified atom stereocenters. The fourth-order valence-corrected chi connectivity index (χ4v) is 3.45. The molecule has 1 aliphatic heterocycles. The lowest BCUT2D eigenvalue weighted by molar-refractivity contribution is 0.153. The van der Waals surface area contributed by atoms with Gasteiger partial charge in [0.25, 0.3) is 0 Å². The molecule has 112 valence electrons. The molecule has 2 nitrogen and oxygen atoms in total. The Morgan fingerprint density at radius 2 is 2.10 bits per heavy atom. The molecule has 20 heavy (non-hydrogen) atoms. The number of rotatable bonds is 7. The lowest BCUT2D eigenvalue weighted by Gasteiger charge is -2.38. The van der Waals surface area contributed by atoms with Gasteiger partial charge >= 0.3 is 0 Å². The normalized spacial score (nSPS) is 20.6. The van der Waals surface area contributed by atoms with Gasteiger partial charge in [0.15, 0.2) is 0 Å². The monoisotopic (exact) mass is 274 g/mol. The van der Waals surface area contributed by atoms with Gasteiger partial charge in [-0.1, -0.05) is 57.4 Å². The van der Waals surface area contributed by atoms with Crippen LogP contribution in [-0.4, -0.2) is 24.5 Å². The molecule has 1 aliphatic rings. The van der Waals surface area contributed by atoms with E-state index in [0.29, 0.717) is 6.04 Å². The van der Waals surface area contributed by atoms with Gasteiger partial charge < -0.3 is 5.73 Å². The van der Waals surface area contributed by atoms with Crippen LogP contribution in [0.1, 0.15) is 56.7 Å². The van der Waals surface area contributed by atoms with E-state index in [1.54, 1.807) is 0 Å². The summed E-state index contributed by atoms with van der Waals surface area (Å²) in [6, 6.07) is 9.27. The van der Waals surface area contributed by atoms with Gasteiger partial charge in [-0.2, -0.15) is 0 Å². The Bertz CT molecular complexity index is 402. The lowest BCUT2D eigenvalue weighted by atomic mass is 9.90. The average Bonchev–Trinajstić information content (AvgIpc) is 2.50. The topological polar surface area (TPSA) is 29.3 Å². The number of fused-ring (bicyclic) bond motifs is 1. The molecule has 0 fully saturated rings. The van der Waals surface area contributed by atoms with Crippen molar-refractivity contribution in [2.45, 2.75) is 52.0 Å². The summed E-state index contributed by atoms with van der Waals surface area (Å²) in [6.07, 6.45) is 6.49. The van der Waals surface area contributed by atoms with Gasteiger partial charge in [0.2, 0.25) is 0 Å². The van der Waals surface area contributed by atoms with E-state index in [4.69, 9.17) is 5.73 Å². The Balaban J connectivity index is 2.05. The van der Waals surface area contributed by atoms with E-state index in [9.17, 15) is 0 Å². The van der Waals surface area contributed by atoms with E-state index in [2.05, 4.69) is 43.0 Å². The minimum absolute atomic E-state index is 0.427. The van der Waals surface area contributed by atoms with Crippen molar-refractivity contribution >= 4 is 0 Å². The highest BCUT2D eigenvalue weighted by Crippen LogP contribution is 2.30. The first kappa shape index (κ1) is 15.5. The number of hydrogen-bond donors (Lipinski definition) is 1. The van der Waals surface area contributed by atoms with Crippen molar-refractivity contribution in [3.63, 3.8) is 0 Å². The SMILES string of the molecule is CCCCC(CC)CN1CCc2ccccc2C1CN. The third kappa shape index (κ3) is 3.62. The van der Waals surface area contributed by atoms with Crippen molar-refractivity contribution in [1.29, 1.82) is 0 Å². The van der Waals surface area contributed by atoms with E-state index >= 15 is 0 Å². The summed E-state index contributed by atoms with van der Waals surface area (Å²) in [7, 11) is 0. The van der Waals surface area contributed by atoms with Crippen LogP contribution in [0.2, 0.25) is 0 Å². The molecule has 1 aromatic rings. The van der Waals surface area contributed by atoms with Crippen LogP contribution < -0.4 is 5.73 Å². The number of hydrogen-bond acceptors (Lipinski definition) is 2. The second kappa shape index (κ2) is 7.80. The Kier molecular flexibility index (Phi) is 6.06. The number of unbranched alkanes of at least 4 members (excludes halogenated alkanes) is 1. The molecule has 2 rings (SSSR count). The van der Waals surface area contributed by atoms with Crippen LogP contribution >= 0.6 is 0 Å². The fraction of sp³-hybridized carbons (Fsp3) is 0.667. The third-order valence-electron chi connectivity index (χ3n) is 4.78. The maximum absolute atomic E-state index is 6.08. The Labute approximate surface area is 124 Å². The van der Waals surface area contributed by atoms with Crippen molar-refractivity contribution in [1.82, 2.24) is 4.90 Å². The number of nitrogens with zero attached hydrogens (tertiary/aromatic N) is 1. The van der Waals surface area contributed by atoms with E-state index in [1.807, 2.05) is 0 Å². The Morgan fingerprint density at radius 1 is 1.30 bits per heavy atom. The Hall–Kier alpha value is -0.860. The highest BCUT2D eigenvalue weighted by Gasteiger charge is 2.27. The van der Waals surface area contributed by atoms with E-state index < -0.39 is 0 Å². The third-order valence-corrected chi connectivity index (χ3v) is 4.78. The highest BCUT2D eigenvalue weighted by atomic mass is 15.2. The van der Waals surface area contributed by atoms with Gasteiger partial charge in [-0.05, 0) is 29.9 Å². The fourth-order valence-electron chi connectivity index (χ4n) is 3.45. The van der Waals surface area contributed by atoms with Crippen molar-refractivity contribution < 1.29 is 0 Å². The number of benzene rings is 1. The van der Waals surface area contributed by atoms with E-state index in [-0.39, 0.29) is 0 Å². The number of nitrogens with two attached hydrogens (primary N) is 1. The second-order valence-corrected chi connectivity index (χ2v) is 6.11. The summed E-state index contributed by atoms with van der Waals surface area (Å²) in [5, 5.41) is 0. The maximum atomic E-state index is 6.08. The standard InChI is InChI=1S/C18H30N2/c1-3-5-8-15(4-2)14-20-12-11-16-9-6-7-10-17(16)18(20)13-19/h6-7,9-10,15,18H,3-5,8,11-14,19H2,1-2H3. The Morgan fingerprint density at radius 3 is 2.80 bits per heavy atom. The van der Waals surface area contributed by atoms with Gasteiger partial charge in [-0.15, -0.1) is 0 Å². The summed E-state index contributed by atoms with van der Waals surface area (Å²) < 4.78 is 0. The summed E-state index contributed by atoms with van der Waals surface area (Å²) in [5.41, 5.74) is 9.05. The minimum Gasteiger partial charge on any atom is -0.329 e. The summed E-state index contributed by atoms with van der Waals surface area (Å²) in [5.74, 6) is 0.828. The predicted molar refractivity (Wildman–Crippen MR) is 86.8 cm³/mol. The van der Waals surface area contributed by atoms with Crippen molar-refractivity contribution in [2.75, 3.05) is 19.6 Å². The molecule has 0 aromatic heterocycles. The minimum atomic E-state index is 0.427. The van der Waals surface area contributed by atoms with Crippen LogP contribution in [0.3, 0.4) is 0 Å². The lowest BCUT2D eigenvalue weighted by Crippen LogP contribution is -2.41. The predicted octanol–water partition coefficient (Wildman–Crippen LogP) is 3.76. The van der Waals surface area contributed by atoms with Crippen molar-refractivity contribution in [3.8, 4) is 0 Å². The molecule has 0 saturated carbocycles. The van der Waals surface area contributed by atoms with Crippen LogP contribution in [0.5, 0.6) is 0 Å². The molecule has 0 radical (unpaired) electrons. The molecule has 2 heteroatoms. The molecule has 0 spiro atoms. The smallest absolute Gasteiger partial charge is 0.0473 e. The highest BCUT2D eigenvalue weighted by molar-refractivity contribution is 5.32. The van der Waals surface area contributed by atoms with Crippen LogP contribution in [0.4, 0.5) is 0 Å². The first-order chi connectivity index (χ1) is 9.80. The first-order valence-electron chi connectivity index (χ1n) is 8.32. The van der Waals surface area contributed by atoms with E-state index in [1.165, 1.54) is 56.3 Å². The molecular weight excluding hydrogens is 244 g/mol. The van der Waals surface area contributed by atoms with Crippen molar-refractivity contribution in [2.24, 2.45) is 11.7 Å². The van der Waals surface area contributed by atoms with Gasteiger partial charge in [0, 0.05) is 25.7 Å². The largest absolute Gasteiger partial charge is 0.329 e. The quantitative estimate of drug-likeness (QED) is 0.820. The summed E-state index contributed by atoms with van der Waals surface area (Å²) >= 11 is 0. The first-order valence-corrected chi connectivity index (χ1v) is 8.32. The molecule has 0 bridgehead atoms. The van der Waals surface area contributed by atoms with Crippen molar-refractivity contribution in [3.05, 3.63) is 35.4 Å². The maximum Gasteiger partial charge on any atom is 0.0473 e. The van der Waals surface area contributed by atoms with E-state index in [0.717, 1.165) is 12.5 Å². The second-order valence-electron chi connectivity index (χ2n) is 6.11. The van der Waals surface area contributed by atoms with Crippen LogP contribution in [0, 0.1) is 5.92 Å². The average molecular weight is 274 g/mol. The molecule has 2 N–H and O–H groups in total. The van der Waals surface area contributed by atoms with Crippen LogP contribution in [0.15, 0.2) is 24.3 Å². The molecule has 0 saturated heterocycles. The molecule has 0 amide bonds. The zero-order valence-electron chi connectivity index (χ0n) is 13.1. The van der Waals surface area contributed by atoms with Gasteiger partial charge in [0.1, 0.15) is 0 Å². The molecular formula is C18H30N2. The summed E-state index contributed by atoms with van der Waals surface area (Å²) in [4.78, 5) is 2.63. The zero-order valence-corrected chi connectivity index (χ0v) is 13.1. The van der Waals surface area contributed by atoms with Gasteiger partial charge in [-0.3, -0.25) is 4.90 Å². The van der Waals surface area contributed by atoms with Gasteiger partial charge in [0.05, 0.1) is 0 Å². The van der Waals surface area contributed by atoms with Crippen LogP contribution in [0.25, 0.3) is 0 Å². The zero-order chi connectivity index (χ0) is 14.4. The summed E-state index contributed by atoms with van der Waals surface area (Å²) in [6.45, 7) is 7.73. The molecule has 0 aliphatic carbocycles. The van der Waals surface area contributed by atoms with Gasteiger partial charge in [-0.25, -0.2) is 0 Å². The molecule has 1 heterocycles. The van der Waals surface area contributed by atoms with Crippen LogP contribution in [-0.2, 0) is 6.42 Å². The molecule has 2 atom stereocenters. The molecule has 1 aromatic carbocycles.